The van der Waals surface area contributed by atoms with Crippen LogP contribution in [0.3, 0.4) is 0 Å². The number of carboxylic acids is 1. The van der Waals surface area contributed by atoms with E-state index in [1.807, 2.05) is 6.92 Å². The van der Waals surface area contributed by atoms with Gasteiger partial charge in [-0.15, -0.1) is 5.10 Å². The minimum absolute atomic E-state index is 0.0263. The fourth-order valence-electron chi connectivity index (χ4n) is 1.82. The number of aryl methyl sites for hydroxylation is 1. The number of phenols is 1. The first kappa shape index (κ1) is 17.5. The van der Waals surface area contributed by atoms with Crippen molar-refractivity contribution in [2.75, 3.05) is 0 Å². The molecule has 0 saturated heterocycles. The van der Waals surface area contributed by atoms with Crippen molar-refractivity contribution in [3.8, 4) is 5.75 Å². The third kappa shape index (κ3) is 4.32. The molecule has 24 heavy (non-hydrogen) atoms. The van der Waals surface area contributed by atoms with Crippen LogP contribution in [-0.4, -0.2) is 36.3 Å². The van der Waals surface area contributed by atoms with Gasteiger partial charge in [0.05, 0.1) is 4.92 Å². The van der Waals surface area contributed by atoms with Crippen molar-refractivity contribution < 1.29 is 19.9 Å². The number of benzene rings is 1. The van der Waals surface area contributed by atoms with Crippen molar-refractivity contribution in [1.82, 2.24) is 15.2 Å². The van der Waals surface area contributed by atoms with E-state index in [1.165, 1.54) is 0 Å². The van der Waals surface area contributed by atoms with E-state index < -0.39 is 10.9 Å². The van der Waals surface area contributed by atoms with Crippen LogP contribution in [0.4, 0.5) is 5.69 Å². The molecule has 0 unspecified atom stereocenters. The molecule has 1 aromatic heterocycles. The van der Waals surface area contributed by atoms with Gasteiger partial charge in [-0.25, -0.2) is 9.78 Å². The number of aromatic amines is 1. The van der Waals surface area contributed by atoms with Crippen LogP contribution in [0.1, 0.15) is 24.7 Å². The minimum atomic E-state index is -1.26. The zero-order chi connectivity index (χ0) is 17.7. The smallest absolute Gasteiger partial charge is 0.342 e. The van der Waals surface area contributed by atoms with E-state index in [9.17, 15) is 25.1 Å². The summed E-state index contributed by atoms with van der Waals surface area (Å²) in [6.45, 7) is 1.98. The van der Waals surface area contributed by atoms with Crippen LogP contribution in [0.25, 0.3) is 6.08 Å². The monoisotopic (exact) mass is 350 g/mol. The summed E-state index contributed by atoms with van der Waals surface area (Å²) in [4.78, 5) is 25.5. The number of phenolic OH excluding ortho intramolecular Hbond substituents is 1. The number of non-ortho nitro benzene ring substituents is 1. The van der Waals surface area contributed by atoms with Crippen LogP contribution in [0.15, 0.2) is 28.3 Å². The molecule has 0 amide bonds. The van der Waals surface area contributed by atoms with Crippen LogP contribution < -0.4 is 0 Å². The highest BCUT2D eigenvalue weighted by molar-refractivity contribution is 8.04. The van der Waals surface area contributed by atoms with Crippen molar-refractivity contribution in [2.24, 2.45) is 0 Å². The van der Waals surface area contributed by atoms with E-state index in [4.69, 9.17) is 0 Å². The largest absolute Gasteiger partial charge is 0.507 e. The maximum absolute atomic E-state index is 11.4. The van der Waals surface area contributed by atoms with E-state index in [-0.39, 0.29) is 27.1 Å². The molecule has 0 saturated carbocycles. The molecule has 0 fully saturated rings. The molecule has 1 aromatic carbocycles. The maximum atomic E-state index is 11.4. The summed E-state index contributed by atoms with van der Waals surface area (Å²) in [7, 11) is 0. The average molecular weight is 350 g/mol. The van der Waals surface area contributed by atoms with Crippen molar-refractivity contribution in [3.05, 3.63) is 44.6 Å². The highest BCUT2D eigenvalue weighted by Gasteiger charge is 2.16. The predicted molar refractivity (Wildman–Crippen MR) is 86.6 cm³/mol. The van der Waals surface area contributed by atoms with Gasteiger partial charge in [0.15, 0.2) is 0 Å². The van der Waals surface area contributed by atoms with Crippen LogP contribution in [0.5, 0.6) is 5.75 Å². The standard InChI is InChI=1S/C14H14N4O5S/c1-2-3-12-15-14(17-16-12)24-11(13(20)21)7-8-6-9(18(22)23)4-5-10(8)19/h4-7,19H,2-3H2,1H3,(H,20,21)(H,15,16,17)/b11-7-. The number of hydrogen-bond acceptors (Lipinski definition) is 7. The molecule has 0 aliphatic rings. The number of carboxylic acid groups (broad SMARTS) is 1. The zero-order valence-corrected chi connectivity index (χ0v) is 13.4. The van der Waals surface area contributed by atoms with Gasteiger partial charge in [-0.3, -0.25) is 15.2 Å². The highest BCUT2D eigenvalue weighted by atomic mass is 32.2. The van der Waals surface area contributed by atoms with Gasteiger partial charge in [0.2, 0.25) is 5.16 Å². The zero-order valence-electron chi connectivity index (χ0n) is 12.6. The Labute approximate surface area is 140 Å². The van der Waals surface area contributed by atoms with E-state index in [0.29, 0.717) is 12.2 Å². The normalized spacial score (nSPS) is 11.5. The number of nitro benzene ring substituents is 1. The first-order valence-corrected chi connectivity index (χ1v) is 7.74. The first-order valence-electron chi connectivity index (χ1n) is 6.92. The molecule has 9 nitrogen and oxygen atoms in total. The lowest BCUT2D eigenvalue weighted by molar-refractivity contribution is -0.384. The summed E-state index contributed by atoms with van der Waals surface area (Å²) in [5, 5.41) is 36.7. The van der Waals surface area contributed by atoms with Gasteiger partial charge in [0.25, 0.3) is 5.69 Å². The molecule has 10 heteroatoms. The number of thioether (sulfide) groups is 1. The van der Waals surface area contributed by atoms with Crippen LogP contribution >= 0.6 is 11.8 Å². The molecule has 2 aromatic rings. The average Bonchev–Trinajstić information content (AvgIpc) is 2.96. The summed E-state index contributed by atoms with van der Waals surface area (Å²) < 4.78 is 0. The van der Waals surface area contributed by atoms with E-state index in [2.05, 4.69) is 15.2 Å². The molecule has 2 rings (SSSR count). The summed E-state index contributed by atoms with van der Waals surface area (Å²) in [6, 6.07) is 3.37. The topological polar surface area (TPSA) is 142 Å². The quantitative estimate of drug-likeness (QED) is 0.299. The fourth-order valence-corrected chi connectivity index (χ4v) is 2.53. The van der Waals surface area contributed by atoms with E-state index in [0.717, 1.165) is 42.5 Å². The summed E-state index contributed by atoms with van der Waals surface area (Å²) in [5.74, 6) is -0.878. The lowest BCUT2D eigenvalue weighted by Gasteiger charge is -2.02. The van der Waals surface area contributed by atoms with Crippen molar-refractivity contribution in [3.63, 3.8) is 0 Å². The molecule has 0 bridgehead atoms. The Kier molecular flexibility index (Phi) is 5.53. The number of nitro groups is 1. The molecule has 3 N–H and O–H groups in total. The highest BCUT2D eigenvalue weighted by Crippen LogP contribution is 2.30. The Morgan fingerprint density at radius 2 is 2.25 bits per heavy atom. The third-order valence-electron chi connectivity index (χ3n) is 2.92. The Morgan fingerprint density at radius 3 is 2.88 bits per heavy atom. The van der Waals surface area contributed by atoms with Gasteiger partial charge in [-0.2, -0.15) is 0 Å². The predicted octanol–water partition coefficient (Wildman–Crippen LogP) is 2.59. The number of nitrogens with zero attached hydrogens (tertiary/aromatic N) is 3. The van der Waals surface area contributed by atoms with Gasteiger partial charge in [0.1, 0.15) is 16.5 Å². The van der Waals surface area contributed by atoms with Crippen molar-refractivity contribution >= 4 is 29.5 Å². The fraction of sp³-hybridized carbons (Fsp3) is 0.214. The Bertz CT molecular complexity index is 802. The number of aromatic nitrogens is 3. The second-order valence-electron chi connectivity index (χ2n) is 4.73. The maximum Gasteiger partial charge on any atom is 0.342 e. The molecule has 0 radical (unpaired) electrons. The van der Waals surface area contributed by atoms with E-state index in [1.54, 1.807) is 0 Å². The number of carbonyl (C=O) groups is 1. The molecular formula is C14H14N4O5S. The number of hydrogen-bond donors (Lipinski definition) is 3. The van der Waals surface area contributed by atoms with Gasteiger partial charge < -0.3 is 10.2 Å². The number of aliphatic carboxylic acids is 1. The molecule has 0 atom stereocenters. The molecule has 0 aliphatic heterocycles. The number of nitrogens with one attached hydrogen (secondary N) is 1. The Balaban J connectivity index is 2.32. The minimum Gasteiger partial charge on any atom is -0.507 e. The lowest BCUT2D eigenvalue weighted by Crippen LogP contribution is -1.98. The second kappa shape index (κ2) is 7.59. The molecule has 0 aliphatic carbocycles. The second-order valence-corrected chi connectivity index (χ2v) is 5.74. The summed E-state index contributed by atoms with van der Waals surface area (Å²) in [6.07, 6.45) is 2.69. The van der Waals surface area contributed by atoms with Crippen LogP contribution in [0, 0.1) is 10.1 Å². The molecular weight excluding hydrogens is 336 g/mol. The molecule has 126 valence electrons. The lowest BCUT2D eigenvalue weighted by atomic mass is 10.1. The third-order valence-corrected chi connectivity index (χ3v) is 3.80. The molecule has 1 heterocycles. The van der Waals surface area contributed by atoms with Gasteiger partial charge >= 0.3 is 5.97 Å². The SMILES string of the molecule is CCCc1nc(S/C(=C\c2cc([N+](=O)[O-])ccc2O)C(=O)O)n[nH]1. The number of H-pyrrole nitrogens is 1. The van der Waals surface area contributed by atoms with Crippen molar-refractivity contribution in [1.29, 1.82) is 0 Å². The Morgan fingerprint density at radius 1 is 1.50 bits per heavy atom. The van der Waals surface area contributed by atoms with Crippen molar-refractivity contribution in [2.45, 2.75) is 24.9 Å². The number of aromatic hydroxyl groups is 1. The first-order chi connectivity index (χ1) is 11.4. The van der Waals surface area contributed by atoms with Gasteiger partial charge in [-0.1, -0.05) is 6.92 Å². The Hall–Kier alpha value is -2.88. The summed E-state index contributed by atoms with van der Waals surface area (Å²) in [5.41, 5.74) is -0.227. The van der Waals surface area contributed by atoms with E-state index >= 15 is 0 Å². The summed E-state index contributed by atoms with van der Waals surface area (Å²) >= 11 is 0.788. The van der Waals surface area contributed by atoms with Crippen LogP contribution in [0.2, 0.25) is 0 Å². The van der Waals surface area contributed by atoms with Gasteiger partial charge in [-0.05, 0) is 30.3 Å². The molecule has 0 spiro atoms. The number of rotatable bonds is 7. The van der Waals surface area contributed by atoms with Gasteiger partial charge in [0, 0.05) is 24.1 Å². The van der Waals surface area contributed by atoms with Crippen LogP contribution in [-0.2, 0) is 11.2 Å².